The molecular formula is C12H18N4. The standard InChI is InChI=1S/C12H18N4/c1-3-4-5-6-9-7-14-11-10(9)15-8(2)16-12(11)13/h7,9H,3-6H2,1-2H3,(H2,13,15,16). The van der Waals surface area contributed by atoms with E-state index in [1.807, 2.05) is 13.1 Å². The lowest BCUT2D eigenvalue weighted by molar-refractivity contribution is 0.643. The first-order chi connectivity index (χ1) is 7.72. The smallest absolute Gasteiger partial charge is 0.153 e. The molecule has 1 aliphatic heterocycles. The Bertz CT molecular complexity index is 412. The van der Waals surface area contributed by atoms with E-state index >= 15 is 0 Å². The van der Waals surface area contributed by atoms with Crippen LogP contribution in [0.3, 0.4) is 0 Å². The first-order valence-corrected chi connectivity index (χ1v) is 5.90. The van der Waals surface area contributed by atoms with Gasteiger partial charge in [-0.3, -0.25) is 4.99 Å². The lowest BCUT2D eigenvalue weighted by atomic mass is 9.99. The highest BCUT2D eigenvalue weighted by molar-refractivity contribution is 5.83. The topological polar surface area (TPSA) is 64.2 Å². The summed E-state index contributed by atoms with van der Waals surface area (Å²) in [4.78, 5) is 12.9. The molecule has 0 bridgehead atoms. The quantitative estimate of drug-likeness (QED) is 0.790. The Morgan fingerprint density at radius 2 is 2.12 bits per heavy atom. The fraction of sp³-hybridized carbons (Fsp3) is 0.583. The molecule has 0 amide bonds. The van der Waals surface area contributed by atoms with Gasteiger partial charge in [-0.1, -0.05) is 26.2 Å². The van der Waals surface area contributed by atoms with Crippen LogP contribution in [0.1, 0.15) is 50.0 Å². The number of nitrogens with zero attached hydrogens (tertiary/aromatic N) is 3. The van der Waals surface area contributed by atoms with E-state index in [0.29, 0.717) is 11.7 Å². The summed E-state index contributed by atoms with van der Waals surface area (Å²) in [5.74, 6) is 1.59. The molecule has 4 heteroatoms. The molecule has 1 aliphatic rings. The molecule has 1 aromatic rings. The molecule has 1 unspecified atom stereocenters. The molecule has 0 aromatic carbocycles. The summed E-state index contributed by atoms with van der Waals surface area (Å²) < 4.78 is 0. The second-order valence-electron chi connectivity index (χ2n) is 4.27. The van der Waals surface area contributed by atoms with Crippen molar-refractivity contribution in [1.82, 2.24) is 9.97 Å². The Kier molecular flexibility index (Phi) is 3.17. The van der Waals surface area contributed by atoms with Gasteiger partial charge in [0.1, 0.15) is 11.5 Å². The fourth-order valence-electron chi connectivity index (χ4n) is 2.06. The number of hydrogen-bond donors (Lipinski definition) is 1. The minimum absolute atomic E-state index is 0.338. The van der Waals surface area contributed by atoms with Gasteiger partial charge < -0.3 is 5.73 Å². The number of anilines is 1. The number of unbranched alkanes of at least 4 members (excludes halogenated alkanes) is 2. The third-order valence-electron chi connectivity index (χ3n) is 2.90. The highest BCUT2D eigenvalue weighted by Gasteiger charge is 2.23. The van der Waals surface area contributed by atoms with Gasteiger partial charge in [0.2, 0.25) is 0 Å². The highest BCUT2D eigenvalue weighted by Crippen LogP contribution is 2.36. The van der Waals surface area contributed by atoms with Crippen LogP contribution in [0.25, 0.3) is 0 Å². The SMILES string of the molecule is CCCCCC1C=Nc2c(N)nc(C)nc21. The molecule has 0 radical (unpaired) electrons. The molecule has 1 atom stereocenters. The predicted octanol–water partition coefficient (Wildman–Crippen LogP) is 2.75. The third kappa shape index (κ3) is 2.05. The van der Waals surface area contributed by atoms with Crippen molar-refractivity contribution in [2.45, 2.75) is 45.4 Å². The summed E-state index contributed by atoms with van der Waals surface area (Å²) >= 11 is 0. The van der Waals surface area contributed by atoms with Crippen molar-refractivity contribution in [3.05, 3.63) is 11.5 Å². The molecule has 0 aliphatic carbocycles. The monoisotopic (exact) mass is 218 g/mol. The van der Waals surface area contributed by atoms with E-state index in [0.717, 1.165) is 23.6 Å². The van der Waals surface area contributed by atoms with Gasteiger partial charge >= 0.3 is 0 Å². The Morgan fingerprint density at radius 3 is 2.88 bits per heavy atom. The van der Waals surface area contributed by atoms with Crippen molar-refractivity contribution in [3.8, 4) is 0 Å². The van der Waals surface area contributed by atoms with Gasteiger partial charge in [-0.15, -0.1) is 0 Å². The maximum atomic E-state index is 5.82. The number of aryl methyl sites for hydroxylation is 1. The van der Waals surface area contributed by atoms with E-state index in [1.54, 1.807) is 0 Å². The van der Waals surface area contributed by atoms with Crippen molar-refractivity contribution >= 4 is 17.7 Å². The highest BCUT2D eigenvalue weighted by atomic mass is 15.0. The zero-order valence-electron chi connectivity index (χ0n) is 9.90. The average molecular weight is 218 g/mol. The molecular weight excluding hydrogens is 200 g/mol. The number of rotatable bonds is 4. The molecule has 2 rings (SSSR count). The molecule has 0 saturated carbocycles. The van der Waals surface area contributed by atoms with Gasteiger partial charge in [0.25, 0.3) is 0 Å². The van der Waals surface area contributed by atoms with Crippen molar-refractivity contribution in [3.63, 3.8) is 0 Å². The van der Waals surface area contributed by atoms with E-state index in [2.05, 4.69) is 21.9 Å². The van der Waals surface area contributed by atoms with Gasteiger partial charge in [0.05, 0.1) is 5.69 Å². The molecule has 0 saturated heterocycles. The number of hydrogen-bond acceptors (Lipinski definition) is 4. The molecule has 2 heterocycles. The zero-order valence-corrected chi connectivity index (χ0v) is 9.90. The molecule has 1 aromatic heterocycles. The molecule has 4 nitrogen and oxygen atoms in total. The minimum Gasteiger partial charge on any atom is -0.382 e. The summed E-state index contributed by atoms with van der Waals surface area (Å²) in [5, 5.41) is 0. The number of aromatic nitrogens is 2. The van der Waals surface area contributed by atoms with Crippen LogP contribution in [0.15, 0.2) is 4.99 Å². The van der Waals surface area contributed by atoms with Crippen molar-refractivity contribution in [2.75, 3.05) is 5.73 Å². The van der Waals surface area contributed by atoms with Crippen molar-refractivity contribution in [1.29, 1.82) is 0 Å². The molecule has 16 heavy (non-hydrogen) atoms. The Morgan fingerprint density at radius 1 is 1.31 bits per heavy atom. The van der Waals surface area contributed by atoms with Crippen LogP contribution in [0.2, 0.25) is 0 Å². The van der Waals surface area contributed by atoms with Crippen molar-refractivity contribution < 1.29 is 0 Å². The largest absolute Gasteiger partial charge is 0.382 e. The van der Waals surface area contributed by atoms with Gasteiger partial charge in [0.15, 0.2) is 5.82 Å². The summed E-state index contributed by atoms with van der Waals surface area (Å²) in [6, 6.07) is 0. The molecule has 0 spiro atoms. The van der Waals surface area contributed by atoms with E-state index in [4.69, 9.17) is 5.73 Å². The molecule has 2 N–H and O–H groups in total. The lowest BCUT2D eigenvalue weighted by Gasteiger charge is -2.09. The van der Waals surface area contributed by atoms with Crippen LogP contribution in [-0.2, 0) is 0 Å². The van der Waals surface area contributed by atoms with Gasteiger partial charge in [-0.2, -0.15) is 0 Å². The number of nitrogen functional groups attached to an aromatic ring is 1. The maximum Gasteiger partial charge on any atom is 0.153 e. The first-order valence-electron chi connectivity index (χ1n) is 5.90. The second-order valence-corrected chi connectivity index (χ2v) is 4.27. The summed E-state index contributed by atoms with van der Waals surface area (Å²) in [5.41, 5.74) is 7.62. The summed E-state index contributed by atoms with van der Waals surface area (Å²) in [7, 11) is 0. The van der Waals surface area contributed by atoms with Crippen LogP contribution in [0, 0.1) is 6.92 Å². The maximum absolute atomic E-state index is 5.82. The second kappa shape index (κ2) is 4.60. The Balaban J connectivity index is 2.16. The lowest BCUT2D eigenvalue weighted by Crippen LogP contribution is -2.03. The molecule has 0 fully saturated rings. The van der Waals surface area contributed by atoms with Crippen LogP contribution in [0.5, 0.6) is 0 Å². The van der Waals surface area contributed by atoms with Gasteiger partial charge in [-0.05, 0) is 13.3 Å². The number of aliphatic imine (C=N–C) groups is 1. The summed E-state index contributed by atoms with van der Waals surface area (Å²) in [6.45, 7) is 4.08. The fourth-order valence-corrected chi connectivity index (χ4v) is 2.06. The van der Waals surface area contributed by atoms with Crippen LogP contribution < -0.4 is 5.73 Å². The predicted molar refractivity (Wildman–Crippen MR) is 66.2 cm³/mol. The van der Waals surface area contributed by atoms with Crippen LogP contribution >= 0.6 is 0 Å². The molecule has 86 valence electrons. The third-order valence-corrected chi connectivity index (χ3v) is 2.90. The average Bonchev–Trinajstić information content (AvgIpc) is 2.62. The summed E-state index contributed by atoms with van der Waals surface area (Å²) in [6.07, 6.45) is 6.79. The first kappa shape index (κ1) is 11.0. The van der Waals surface area contributed by atoms with E-state index in [1.165, 1.54) is 19.3 Å². The number of fused-ring (bicyclic) bond motifs is 1. The van der Waals surface area contributed by atoms with Crippen molar-refractivity contribution in [2.24, 2.45) is 4.99 Å². The van der Waals surface area contributed by atoms with E-state index in [-0.39, 0.29) is 0 Å². The normalized spacial score (nSPS) is 17.8. The van der Waals surface area contributed by atoms with Crippen LogP contribution in [0.4, 0.5) is 11.5 Å². The Labute approximate surface area is 96.0 Å². The van der Waals surface area contributed by atoms with Gasteiger partial charge in [-0.25, -0.2) is 9.97 Å². The van der Waals surface area contributed by atoms with E-state index in [9.17, 15) is 0 Å². The van der Waals surface area contributed by atoms with Crippen LogP contribution in [-0.4, -0.2) is 16.2 Å². The van der Waals surface area contributed by atoms with Gasteiger partial charge in [0, 0.05) is 12.1 Å². The number of nitrogens with two attached hydrogens (primary N) is 1. The minimum atomic E-state index is 0.338. The Hall–Kier alpha value is -1.45. The van der Waals surface area contributed by atoms with E-state index < -0.39 is 0 Å². The zero-order chi connectivity index (χ0) is 11.5.